The van der Waals surface area contributed by atoms with Gasteiger partial charge in [0.2, 0.25) is 5.69 Å². The minimum atomic E-state index is -4.73. The summed E-state index contributed by atoms with van der Waals surface area (Å²) in [5.74, 6) is -0.810. The zero-order chi connectivity index (χ0) is 44.5. The molecule has 2 aliphatic heterocycles. The number of hydrogen-bond donors (Lipinski definition) is 3. The third-order valence-corrected chi connectivity index (χ3v) is 15.5. The molecule has 0 aromatic heterocycles. The maximum atomic E-state index is 13.8. The van der Waals surface area contributed by atoms with Gasteiger partial charge in [-0.15, -0.1) is 0 Å². The highest BCUT2D eigenvalue weighted by Crippen LogP contribution is 2.57. The van der Waals surface area contributed by atoms with E-state index in [0.717, 1.165) is 42.6 Å². The van der Waals surface area contributed by atoms with Crippen LogP contribution < -0.4 is 4.90 Å². The number of anilines is 1. The normalized spacial score (nSPS) is 20.8. The summed E-state index contributed by atoms with van der Waals surface area (Å²) in [6, 6.07) is 10.3. The average molecular weight is 890 g/mol. The molecule has 0 bridgehead atoms. The van der Waals surface area contributed by atoms with Crippen LogP contribution in [0.25, 0.3) is 0 Å². The van der Waals surface area contributed by atoms with E-state index in [2.05, 4.69) is 42.7 Å². The maximum Gasteiger partial charge on any atom is 0.330 e. The minimum absolute atomic E-state index is 0.0254. The second kappa shape index (κ2) is 20.6. The fourth-order valence-corrected chi connectivity index (χ4v) is 11.9. The van der Waals surface area contributed by atoms with Gasteiger partial charge in [-0.25, -0.2) is 0 Å². The third kappa shape index (κ3) is 11.3. The van der Waals surface area contributed by atoms with E-state index in [4.69, 9.17) is 16.0 Å². The molecule has 330 valence electrons. The van der Waals surface area contributed by atoms with Crippen molar-refractivity contribution in [1.29, 1.82) is 0 Å². The van der Waals surface area contributed by atoms with Crippen LogP contribution in [0.2, 0.25) is 0 Å². The fraction of sp³-hybridized carbons (Fsp3) is 0.523. The van der Waals surface area contributed by atoms with Crippen molar-refractivity contribution in [3.63, 3.8) is 0 Å². The van der Waals surface area contributed by atoms with Crippen LogP contribution in [0.15, 0.2) is 77.4 Å². The maximum absolute atomic E-state index is 13.8. The molecule has 0 spiro atoms. The number of unbranched alkanes of at least 4 members (excludes halogenated alkanes) is 3. The first-order valence-corrected chi connectivity index (χ1v) is 25.4. The fourth-order valence-electron chi connectivity index (χ4n) is 8.49. The molecule has 2 radical (unpaired) electrons. The number of aryl methyl sites for hydroxylation is 1. The van der Waals surface area contributed by atoms with E-state index >= 15 is 0 Å². The van der Waals surface area contributed by atoms with E-state index in [1.165, 1.54) is 28.7 Å². The van der Waals surface area contributed by atoms with Crippen molar-refractivity contribution in [3.8, 4) is 0 Å². The number of aliphatic carboxylic acids is 1. The molecule has 3 N–H and O–H groups in total. The summed E-state index contributed by atoms with van der Waals surface area (Å²) in [5.41, 5.74) is 3.89. The highest BCUT2D eigenvalue weighted by molar-refractivity contribution is 7.86. The number of hydrogen-bond acceptors (Lipinski definition) is 9. The first-order valence-electron chi connectivity index (χ1n) is 20.7. The van der Waals surface area contributed by atoms with Crippen molar-refractivity contribution in [2.24, 2.45) is 0 Å². The Morgan fingerprint density at radius 3 is 2.22 bits per heavy atom. The monoisotopic (exact) mass is 889 g/mol. The summed E-state index contributed by atoms with van der Waals surface area (Å²) in [4.78, 5) is 12.3. The van der Waals surface area contributed by atoms with Crippen LogP contribution in [-0.4, -0.2) is 78.6 Å². The number of allylic oxidation sites excluding steroid dienone is 6. The number of carboxylic acids is 1. The Morgan fingerprint density at radius 2 is 1.62 bits per heavy atom. The van der Waals surface area contributed by atoms with Gasteiger partial charge in [-0.2, -0.15) is 21.4 Å². The molecular weight excluding hydrogens is 828 g/mol. The van der Waals surface area contributed by atoms with Gasteiger partial charge in [-0.1, -0.05) is 56.0 Å². The SMILES string of the molecule is [CH]CCC[N+]1=C(C=CC=CC=C2N(C(CCC)S(=O)(=O)O)c3ccc(S(=O)(=O)O)cc3C2(C)CCP(=O)(OCC)OCC)C(C)(CCCCCC(=O)O)c2cc(C)ccc21. The van der Waals surface area contributed by atoms with E-state index in [-0.39, 0.29) is 38.6 Å². The van der Waals surface area contributed by atoms with Gasteiger partial charge in [-0.3, -0.25) is 18.5 Å². The topological polar surface area (TPSA) is 188 Å². The number of carbonyl (C=O) groups is 1. The highest BCUT2D eigenvalue weighted by atomic mass is 32.2. The van der Waals surface area contributed by atoms with Gasteiger partial charge in [-0.05, 0) is 110 Å². The second-order valence-electron chi connectivity index (χ2n) is 15.8. The largest absolute Gasteiger partial charge is 0.481 e. The molecular formula is C44H62N2O11PS2+. The summed E-state index contributed by atoms with van der Waals surface area (Å²) < 4.78 is 99.1. The van der Waals surface area contributed by atoms with Crippen LogP contribution in [0.3, 0.4) is 0 Å². The Kier molecular flexibility index (Phi) is 16.9. The molecule has 3 unspecified atom stereocenters. The lowest BCUT2D eigenvalue weighted by Gasteiger charge is -2.34. The van der Waals surface area contributed by atoms with Crippen LogP contribution in [0.4, 0.5) is 11.4 Å². The molecule has 0 fully saturated rings. The molecule has 2 heterocycles. The van der Waals surface area contributed by atoms with E-state index in [1.54, 1.807) is 45.9 Å². The number of fused-ring (bicyclic) bond motifs is 2. The van der Waals surface area contributed by atoms with Crippen molar-refractivity contribution in [3.05, 3.63) is 96.1 Å². The lowest BCUT2D eigenvalue weighted by molar-refractivity contribution is -0.438. The second-order valence-corrected chi connectivity index (χ2v) is 21.0. The quantitative estimate of drug-likeness (QED) is 0.0298. The lowest BCUT2D eigenvalue weighted by atomic mass is 9.75. The molecule has 13 nitrogen and oxygen atoms in total. The molecule has 3 atom stereocenters. The molecule has 0 saturated heterocycles. The van der Waals surface area contributed by atoms with Crippen molar-refractivity contribution in [2.45, 2.75) is 127 Å². The van der Waals surface area contributed by atoms with Crippen LogP contribution in [-0.2, 0) is 49.5 Å². The van der Waals surface area contributed by atoms with Gasteiger partial charge in [0.1, 0.15) is 6.54 Å². The summed E-state index contributed by atoms with van der Waals surface area (Å²) in [6.45, 7) is 18.1. The first-order chi connectivity index (χ1) is 28.2. The van der Waals surface area contributed by atoms with Gasteiger partial charge in [0.15, 0.2) is 11.1 Å². The van der Waals surface area contributed by atoms with Crippen molar-refractivity contribution < 1.29 is 54.0 Å². The molecule has 60 heavy (non-hydrogen) atoms. The van der Waals surface area contributed by atoms with E-state index in [0.29, 0.717) is 42.8 Å². The number of rotatable bonds is 24. The summed E-state index contributed by atoms with van der Waals surface area (Å²) in [5, 5.41) is 7.73. The predicted molar refractivity (Wildman–Crippen MR) is 236 cm³/mol. The minimum Gasteiger partial charge on any atom is -0.481 e. The van der Waals surface area contributed by atoms with Crippen LogP contribution in [0.1, 0.15) is 116 Å². The van der Waals surface area contributed by atoms with E-state index < -0.39 is 54.9 Å². The standard InChI is InChI=1S/C44H61N2O11PS2/c1-8-12-29-45-37-25-23-33(5)31-35(37)43(6,27-18-14-17-22-42(47)48)39(45)20-15-13-16-21-40-44(7,28-30-58(49,56-10-3)57-11-4)36-32-34(59(50,51)52)24-26-38(36)46(40)41(19-9-2)60(53,54)55/h1,13,15-16,20-21,23-26,31-32,41H,8-12,14,17-19,22,27-30H2,2-7H3,(H2-,47,48,50,51,52,53,54,55)/p+1. The molecule has 2 aliphatic rings. The number of benzene rings is 2. The van der Waals surface area contributed by atoms with Gasteiger partial charge >= 0.3 is 13.6 Å². The van der Waals surface area contributed by atoms with Gasteiger partial charge < -0.3 is 19.1 Å². The van der Waals surface area contributed by atoms with Crippen molar-refractivity contribution >= 4 is 50.9 Å². The third-order valence-electron chi connectivity index (χ3n) is 11.4. The Hall–Kier alpha value is -3.43. The molecule has 16 heteroatoms. The molecule has 2 aromatic carbocycles. The van der Waals surface area contributed by atoms with Crippen molar-refractivity contribution in [2.75, 3.05) is 30.8 Å². The van der Waals surface area contributed by atoms with E-state index in [9.17, 15) is 40.4 Å². The predicted octanol–water partition coefficient (Wildman–Crippen LogP) is 9.57. The Balaban J connectivity index is 1.88. The Bertz CT molecular complexity index is 2260. The molecule has 4 rings (SSSR count). The van der Waals surface area contributed by atoms with Gasteiger partial charge in [0, 0.05) is 47.3 Å². The van der Waals surface area contributed by atoms with Crippen LogP contribution in [0, 0.1) is 13.8 Å². The zero-order valence-corrected chi connectivity index (χ0v) is 38.2. The van der Waals surface area contributed by atoms with Gasteiger partial charge in [0.05, 0.1) is 29.7 Å². The smallest absolute Gasteiger partial charge is 0.330 e. The highest BCUT2D eigenvalue weighted by Gasteiger charge is 2.50. The summed E-state index contributed by atoms with van der Waals surface area (Å²) in [7, 11) is -13.1. The molecule has 0 saturated carbocycles. The number of nitrogens with zero attached hydrogens (tertiary/aromatic N) is 2. The lowest BCUT2D eigenvalue weighted by Crippen LogP contribution is -2.41. The van der Waals surface area contributed by atoms with Crippen LogP contribution >= 0.6 is 7.60 Å². The molecule has 2 aromatic rings. The number of carboxylic acid groups (broad SMARTS) is 1. The summed E-state index contributed by atoms with van der Waals surface area (Å²) in [6.07, 6.45) is 13.9. The van der Waals surface area contributed by atoms with Gasteiger partial charge in [0.25, 0.3) is 20.2 Å². The Morgan fingerprint density at radius 1 is 0.917 bits per heavy atom. The molecule has 0 amide bonds. The van der Waals surface area contributed by atoms with Crippen molar-refractivity contribution in [1.82, 2.24) is 0 Å². The summed E-state index contributed by atoms with van der Waals surface area (Å²) >= 11 is 0. The zero-order valence-electron chi connectivity index (χ0n) is 35.7. The Labute approximate surface area is 357 Å². The van der Waals surface area contributed by atoms with E-state index in [1.807, 2.05) is 6.08 Å². The average Bonchev–Trinajstić information content (AvgIpc) is 3.54. The molecule has 0 aliphatic carbocycles. The van der Waals surface area contributed by atoms with Crippen LogP contribution in [0.5, 0.6) is 0 Å². The first kappa shape index (κ1) is 49.2.